The maximum absolute atomic E-state index is 10.4. The Morgan fingerprint density at radius 1 is 1.12 bits per heavy atom. The molecule has 4 rings (SSSR count). The minimum atomic E-state index is -0.283. The van der Waals surface area contributed by atoms with Crippen LogP contribution in [0.25, 0.3) is 11.3 Å². The van der Waals surface area contributed by atoms with Gasteiger partial charge in [-0.15, -0.1) is 0 Å². The van der Waals surface area contributed by atoms with Crippen LogP contribution in [0.15, 0.2) is 42.7 Å². The van der Waals surface area contributed by atoms with Gasteiger partial charge in [-0.3, -0.25) is 4.98 Å². The first kappa shape index (κ1) is 15.5. The highest BCUT2D eigenvalue weighted by Crippen LogP contribution is 2.33. The minimum Gasteiger partial charge on any atom is -0.393 e. The molecular formula is C19H23N3O2. The first-order valence-electron chi connectivity index (χ1n) is 8.73. The fourth-order valence-corrected chi connectivity index (χ4v) is 3.88. The molecule has 24 heavy (non-hydrogen) atoms. The van der Waals surface area contributed by atoms with Gasteiger partial charge in [-0.05, 0) is 19.3 Å². The van der Waals surface area contributed by atoms with E-state index in [9.17, 15) is 5.11 Å². The molecular weight excluding hydrogens is 302 g/mol. The third-order valence-electron chi connectivity index (χ3n) is 5.14. The van der Waals surface area contributed by atoms with Crippen LogP contribution in [-0.4, -0.2) is 47.0 Å². The third-order valence-corrected chi connectivity index (χ3v) is 5.14. The first-order valence-corrected chi connectivity index (χ1v) is 8.73. The summed E-state index contributed by atoms with van der Waals surface area (Å²) in [6.45, 7) is 2.25. The summed E-state index contributed by atoms with van der Waals surface area (Å²) in [6, 6.07) is 10.4. The molecule has 5 heteroatoms. The van der Waals surface area contributed by atoms with Crippen LogP contribution in [0.5, 0.6) is 0 Å². The van der Waals surface area contributed by atoms with Crippen LogP contribution in [0.2, 0.25) is 0 Å². The minimum absolute atomic E-state index is 0.156. The van der Waals surface area contributed by atoms with Crippen LogP contribution in [0.1, 0.15) is 19.3 Å². The van der Waals surface area contributed by atoms with Crippen LogP contribution in [0.3, 0.4) is 0 Å². The standard InChI is InChI=1S/C19H23N3O2/c23-18-8-10-24-13-15(18)17-7-4-9-22(17)19-12-20-11-16(21-19)14-5-2-1-3-6-14/h1-3,5-6,11-12,15,17-18,23H,4,7-10,13H2/t15-,17-,18-/m1/s1. The van der Waals surface area contributed by atoms with E-state index in [0.29, 0.717) is 13.2 Å². The highest BCUT2D eigenvalue weighted by atomic mass is 16.5. The van der Waals surface area contributed by atoms with E-state index in [1.54, 1.807) is 0 Å². The topological polar surface area (TPSA) is 58.5 Å². The Morgan fingerprint density at radius 2 is 2.00 bits per heavy atom. The Bertz CT molecular complexity index is 679. The molecule has 126 valence electrons. The number of hydrogen-bond donors (Lipinski definition) is 1. The molecule has 5 nitrogen and oxygen atoms in total. The Kier molecular flexibility index (Phi) is 4.45. The van der Waals surface area contributed by atoms with Crippen molar-refractivity contribution in [3.8, 4) is 11.3 Å². The highest BCUT2D eigenvalue weighted by Gasteiger charge is 2.38. The van der Waals surface area contributed by atoms with Gasteiger partial charge in [0.1, 0.15) is 5.82 Å². The Balaban J connectivity index is 1.60. The number of rotatable bonds is 3. The number of nitrogens with zero attached hydrogens (tertiary/aromatic N) is 3. The normalized spacial score (nSPS) is 27.4. The van der Waals surface area contributed by atoms with Gasteiger partial charge in [-0.2, -0.15) is 0 Å². The largest absolute Gasteiger partial charge is 0.393 e. The molecule has 0 bridgehead atoms. The summed E-state index contributed by atoms with van der Waals surface area (Å²) in [5.41, 5.74) is 1.96. The van der Waals surface area contributed by atoms with E-state index in [2.05, 4.69) is 9.88 Å². The van der Waals surface area contributed by atoms with Gasteiger partial charge in [0.2, 0.25) is 0 Å². The SMILES string of the molecule is O[C@@H]1CCOC[C@@H]1[C@H]1CCCN1c1cncc(-c2ccccc2)n1. The summed E-state index contributed by atoms with van der Waals surface area (Å²) in [4.78, 5) is 11.5. The molecule has 0 unspecified atom stereocenters. The van der Waals surface area contributed by atoms with Crippen LogP contribution < -0.4 is 4.90 Å². The zero-order chi connectivity index (χ0) is 16.4. The van der Waals surface area contributed by atoms with Gasteiger partial charge in [0.15, 0.2) is 0 Å². The Labute approximate surface area is 142 Å². The summed E-state index contributed by atoms with van der Waals surface area (Å²) in [5.74, 6) is 1.06. The van der Waals surface area contributed by atoms with Crippen molar-refractivity contribution >= 4 is 5.82 Å². The van der Waals surface area contributed by atoms with Crippen molar-refractivity contribution in [3.05, 3.63) is 42.7 Å². The van der Waals surface area contributed by atoms with Crippen LogP contribution >= 0.6 is 0 Å². The molecule has 1 aromatic heterocycles. The van der Waals surface area contributed by atoms with E-state index in [1.807, 2.05) is 42.7 Å². The van der Waals surface area contributed by atoms with Crippen molar-refractivity contribution < 1.29 is 9.84 Å². The lowest BCUT2D eigenvalue weighted by Gasteiger charge is -2.37. The van der Waals surface area contributed by atoms with E-state index in [0.717, 1.165) is 42.9 Å². The van der Waals surface area contributed by atoms with Crippen molar-refractivity contribution in [3.63, 3.8) is 0 Å². The monoisotopic (exact) mass is 325 g/mol. The van der Waals surface area contributed by atoms with Gasteiger partial charge in [-0.25, -0.2) is 4.98 Å². The van der Waals surface area contributed by atoms with Gasteiger partial charge in [-0.1, -0.05) is 30.3 Å². The van der Waals surface area contributed by atoms with Crippen molar-refractivity contribution in [1.82, 2.24) is 9.97 Å². The molecule has 1 aromatic carbocycles. The van der Waals surface area contributed by atoms with E-state index in [4.69, 9.17) is 9.72 Å². The van der Waals surface area contributed by atoms with Gasteiger partial charge in [0.05, 0.1) is 30.8 Å². The quantitative estimate of drug-likeness (QED) is 0.940. The molecule has 3 heterocycles. The van der Waals surface area contributed by atoms with Crippen molar-refractivity contribution in [2.75, 3.05) is 24.7 Å². The van der Waals surface area contributed by atoms with Crippen LogP contribution in [0.4, 0.5) is 5.82 Å². The van der Waals surface area contributed by atoms with Crippen molar-refractivity contribution in [1.29, 1.82) is 0 Å². The molecule has 2 aliphatic heterocycles. The molecule has 2 aliphatic rings. The summed E-state index contributed by atoms with van der Waals surface area (Å²) < 4.78 is 5.62. The number of benzene rings is 1. The predicted octanol–water partition coefficient (Wildman–Crippen LogP) is 2.51. The van der Waals surface area contributed by atoms with E-state index in [-0.39, 0.29) is 18.1 Å². The molecule has 3 atom stereocenters. The average molecular weight is 325 g/mol. The number of aliphatic hydroxyl groups is 1. The average Bonchev–Trinajstić information content (AvgIpc) is 3.12. The summed E-state index contributed by atoms with van der Waals surface area (Å²) in [5, 5.41) is 10.4. The maximum Gasteiger partial charge on any atom is 0.148 e. The third kappa shape index (κ3) is 3.01. The smallest absolute Gasteiger partial charge is 0.148 e. The predicted molar refractivity (Wildman–Crippen MR) is 92.8 cm³/mol. The summed E-state index contributed by atoms with van der Waals surface area (Å²) in [6.07, 6.45) is 6.27. The van der Waals surface area contributed by atoms with Gasteiger partial charge in [0, 0.05) is 30.7 Å². The van der Waals surface area contributed by atoms with Gasteiger partial charge >= 0.3 is 0 Å². The van der Waals surface area contributed by atoms with Crippen LogP contribution in [-0.2, 0) is 4.74 Å². The highest BCUT2D eigenvalue weighted by molar-refractivity contribution is 5.60. The molecule has 2 saturated heterocycles. The van der Waals surface area contributed by atoms with Gasteiger partial charge in [0.25, 0.3) is 0 Å². The van der Waals surface area contributed by atoms with Crippen molar-refractivity contribution in [2.24, 2.45) is 5.92 Å². The van der Waals surface area contributed by atoms with E-state index in [1.165, 1.54) is 0 Å². The molecule has 1 N–H and O–H groups in total. The van der Waals surface area contributed by atoms with Gasteiger partial charge < -0.3 is 14.7 Å². The number of anilines is 1. The fourth-order valence-electron chi connectivity index (χ4n) is 3.88. The number of ether oxygens (including phenoxy) is 1. The second-order valence-corrected chi connectivity index (χ2v) is 6.63. The fraction of sp³-hybridized carbons (Fsp3) is 0.474. The Hall–Kier alpha value is -1.98. The zero-order valence-corrected chi connectivity index (χ0v) is 13.7. The molecule has 2 aromatic rings. The molecule has 0 spiro atoms. The number of hydrogen-bond acceptors (Lipinski definition) is 5. The molecule has 0 radical (unpaired) electrons. The molecule has 2 fully saturated rings. The summed E-state index contributed by atoms with van der Waals surface area (Å²) >= 11 is 0. The van der Waals surface area contributed by atoms with Crippen LogP contribution in [0, 0.1) is 5.92 Å². The molecule has 0 aliphatic carbocycles. The lowest BCUT2D eigenvalue weighted by molar-refractivity contribution is -0.0438. The van der Waals surface area contributed by atoms with E-state index >= 15 is 0 Å². The lowest BCUT2D eigenvalue weighted by atomic mass is 9.89. The number of aromatic nitrogens is 2. The number of aliphatic hydroxyl groups excluding tert-OH is 1. The maximum atomic E-state index is 10.4. The summed E-state index contributed by atoms with van der Waals surface area (Å²) in [7, 11) is 0. The Morgan fingerprint density at radius 3 is 2.83 bits per heavy atom. The lowest BCUT2D eigenvalue weighted by Crippen LogP contribution is -2.46. The van der Waals surface area contributed by atoms with E-state index < -0.39 is 0 Å². The second kappa shape index (κ2) is 6.87. The zero-order valence-electron chi connectivity index (χ0n) is 13.7. The first-order chi connectivity index (χ1) is 11.8. The molecule has 0 amide bonds. The second-order valence-electron chi connectivity index (χ2n) is 6.63. The van der Waals surface area contributed by atoms with Crippen molar-refractivity contribution in [2.45, 2.75) is 31.4 Å². The molecule has 0 saturated carbocycles.